The number of H-pyrrole nitrogens is 1. The van der Waals surface area contributed by atoms with Crippen molar-refractivity contribution in [2.45, 2.75) is 53.2 Å². The fourth-order valence-corrected chi connectivity index (χ4v) is 3.52. The summed E-state index contributed by atoms with van der Waals surface area (Å²) in [5.41, 5.74) is 4.98. The lowest BCUT2D eigenvalue weighted by atomic mass is 10.0. The van der Waals surface area contributed by atoms with Gasteiger partial charge in [0.2, 0.25) is 0 Å². The zero-order valence-electron chi connectivity index (χ0n) is 16.3. The molecule has 0 radical (unpaired) electrons. The number of benzene rings is 1. The average molecular weight is 364 g/mol. The Morgan fingerprint density at radius 2 is 2.00 bits per heavy atom. The summed E-state index contributed by atoms with van der Waals surface area (Å²) >= 11 is 0. The van der Waals surface area contributed by atoms with E-state index in [9.17, 15) is 0 Å². The highest BCUT2D eigenvalue weighted by Gasteiger charge is 2.18. The molecule has 6 heteroatoms. The second-order valence-corrected chi connectivity index (χ2v) is 7.15. The van der Waals surface area contributed by atoms with E-state index < -0.39 is 0 Å². The van der Waals surface area contributed by atoms with E-state index in [1.54, 1.807) is 0 Å². The van der Waals surface area contributed by atoms with Crippen LogP contribution in [0.3, 0.4) is 0 Å². The smallest absolute Gasteiger partial charge is 0.276 e. The van der Waals surface area contributed by atoms with Crippen LogP contribution in [0.5, 0.6) is 0 Å². The normalized spacial score (nSPS) is 13.1. The van der Waals surface area contributed by atoms with Crippen molar-refractivity contribution in [1.82, 2.24) is 20.1 Å². The number of aromatic nitrogens is 4. The number of rotatable bonds is 5. The predicted octanol–water partition coefficient (Wildman–Crippen LogP) is 5.12. The minimum Gasteiger partial charge on any atom is -0.371 e. The number of aryl methyl sites for hydroxylation is 2. The third kappa shape index (κ3) is 3.10. The first-order valence-electron chi connectivity index (χ1n) is 9.37. The van der Waals surface area contributed by atoms with Gasteiger partial charge in [-0.25, -0.2) is 4.98 Å². The van der Waals surface area contributed by atoms with Crippen molar-refractivity contribution < 1.29 is 9.26 Å². The van der Waals surface area contributed by atoms with Gasteiger partial charge >= 0.3 is 0 Å². The molecule has 1 aromatic carbocycles. The third-order valence-corrected chi connectivity index (χ3v) is 4.84. The fourth-order valence-electron chi connectivity index (χ4n) is 3.52. The van der Waals surface area contributed by atoms with E-state index in [0.717, 1.165) is 45.0 Å². The molecule has 1 atom stereocenters. The molecule has 0 spiro atoms. The second-order valence-electron chi connectivity index (χ2n) is 7.15. The van der Waals surface area contributed by atoms with Crippen molar-refractivity contribution in [2.24, 2.45) is 0 Å². The van der Waals surface area contributed by atoms with Crippen LogP contribution in [-0.2, 0) is 11.2 Å². The van der Waals surface area contributed by atoms with Gasteiger partial charge in [0.15, 0.2) is 5.82 Å². The monoisotopic (exact) mass is 364 g/mol. The van der Waals surface area contributed by atoms with Crippen LogP contribution in [0.1, 0.15) is 50.8 Å². The topological polar surface area (TPSA) is 76.8 Å². The lowest BCUT2D eigenvalue weighted by molar-refractivity contribution is 0.0179. The molecule has 0 aliphatic carbocycles. The molecule has 6 nitrogen and oxygen atoms in total. The maximum absolute atomic E-state index is 5.96. The molecule has 4 rings (SSSR count). The van der Waals surface area contributed by atoms with Gasteiger partial charge in [0.25, 0.3) is 5.89 Å². The molecule has 0 saturated carbocycles. The zero-order valence-corrected chi connectivity index (χ0v) is 16.3. The van der Waals surface area contributed by atoms with E-state index in [2.05, 4.69) is 66.0 Å². The summed E-state index contributed by atoms with van der Waals surface area (Å²) in [4.78, 5) is 12.5. The van der Waals surface area contributed by atoms with Crippen LogP contribution in [0.25, 0.3) is 33.4 Å². The first-order valence-corrected chi connectivity index (χ1v) is 9.37. The molecule has 27 heavy (non-hydrogen) atoms. The van der Waals surface area contributed by atoms with E-state index in [0.29, 0.717) is 11.7 Å². The molecule has 0 aliphatic rings. The Bertz CT molecular complexity index is 1110. The highest BCUT2D eigenvalue weighted by molar-refractivity contribution is 6.10. The molecule has 0 aliphatic heterocycles. The van der Waals surface area contributed by atoms with Gasteiger partial charge in [-0.15, -0.1) is 0 Å². The van der Waals surface area contributed by atoms with Gasteiger partial charge in [-0.1, -0.05) is 18.1 Å². The molecule has 4 aromatic rings. The number of hydrogen-bond donors (Lipinski definition) is 1. The number of ether oxygens (including phenoxy) is 1. The van der Waals surface area contributed by atoms with E-state index in [1.807, 2.05) is 13.1 Å². The molecule has 1 N–H and O–H groups in total. The highest BCUT2D eigenvalue weighted by Crippen LogP contribution is 2.34. The fraction of sp³-hybridized carbons (Fsp3) is 0.381. The first kappa shape index (κ1) is 17.7. The largest absolute Gasteiger partial charge is 0.371 e. The molecule has 140 valence electrons. The SMILES string of the molecule is CCc1noc(-c2ncc3[nH]c4ccc(C(C)OC(C)C)cc4c3c2C)n1. The number of fused-ring (bicyclic) bond motifs is 3. The molecule has 1 unspecified atom stereocenters. The van der Waals surface area contributed by atoms with E-state index in [1.165, 1.54) is 0 Å². The Morgan fingerprint density at radius 1 is 1.19 bits per heavy atom. The molecule has 0 saturated heterocycles. The van der Waals surface area contributed by atoms with Crippen LogP contribution in [0, 0.1) is 6.92 Å². The van der Waals surface area contributed by atoms with Gasteiger partial charge in [0.05, 0.1) is 23.9 Å². The summed E-state index contributed by atoms with van der Waals surface area (Å²) in [5.74, 6) is 1.15. The molecule has 3 aromatic heterocycles. The molecule has 0 amide bonds. The van der Waals surface area contributed by atoms with Crippen LogP contribution >= 0.6 is 0 Å². The number of pyridine rings is 1. The van der Waals surface area contributed by atoms with E-state index >= 15 is 0 Å². The third-order valence-electron chi connectivity index (χ3n) is 4.84. The Labute approximate surface area is 157 Å². The van der Waals surface area contributed by atoms with Crippen molar-refractivity contribution in [1.29, 1.82) is 0 Å². The van der Waals surface area contributed by atoms with Crippen molar-refractivity contribution >= 4 is 21.8 Å². The minimum atomic E-state index is 0.0315. The van der Waals surface area contributed by atoms with Gasteiger partial charge < -0.3 is 14.2 Å². The van der Waals surface area contributed by atoms with Crippen LogP contribution in [0.15, 0.2) is 28.9 Å². The number of nitrogens with one attached hydrogen (secondary N) is 1. The van der Waals surface area contributed by atoms with Crippen LogP contribution in [-0.4, -0.2) is 26.2 Å². The summed E-state index contributed by atoms with van der Waals surface area (Å²) in [7, 11) is 0. The maximum Gasteiger partial charge on any atom is 0.276 e. The molecule has 0 bridgehead atoms. The summed E-state index contributed by atoms with van der Waals surface area (Å²) in [5, 5.41) is 6.28. The maximum atomic E-state index is 5.96. The van der Waals surface area contributed by atoms with Gasteiger partial charge in [-0.2, -0.15) is 4.98 Å². The van der Waals surface area contributed by atoms with Gasteiger partial charge in [0.1, 0.15) is 5.69 Å². The first-order chi connectivity index (χ1) is 13.0. The van der Waals surface area contributed by atoms with Gasteiger partial charge in [-0.3, -0.25) is 0 Å². The van der Waals surface area contributed by atoms with Crippen molar-refractivity contribution in [2.75, 3.05) is 0 Å². The standard InChI is InChI=1S/C21H24N4O2/c1-6-18-24-21(27-25-18)20-12(4)19-15-9-14(13(5)26-11(2)3)7-8-16(15)23-17(19)10-22-20/h7-11,13,23H,6H2,1-5H3. The average Bonchev–Trinajstić information content (AvgIpc) is 3.25. The summed E-state index contributed by atoms with van der Waals surface area (Å²) in [6, 6.07) is 6.41. The number of aromatic amines is 1. The van der Waals surface area contributed by atoms with E-state index in [-0.39, 0.29) is 12.2 Å². The highest BCUT2D eigenvalue weighted by atomic mass is 16.5. The summed E-state index contributed by atoms with van der Waals surface area (Å²) < 4.78 is 11.4. The Morgan fingerprint density at radius 3 is 2.70 bits per heavy atom. The Kier molecular flexibility index (Phi) is 4.44. The zero-order chi connectivity index (χ0) is 19.1. The Balaban J connectivity index is 1.88. The quantitative estimate of drug-likeness (QED) is 0.532. The number of hydrogen-bond acceptors (Lipinski definition) is 5. The summed E-state index contributed by atoms with van der Waals surface area (Å²) in [6.07, 6.45) is 2.78. The molecule has 0 fully saturated rings. The predicted molar refractivity (Wildman–Crippen MR) is 106 cm³/mol. The minimum absolute atomic E-state index is 0.0315. The molecular formula is C21H24N4O2. The molecular weight excluding hydrogens is 340 g/mol. The van der Waals surface area contributed by atoms with Gasteiger partial charge in [0, 0.05) is 22.7 Å². The lowest BCUT2D eigenvalue weighted by Gasteiger charge is -2.16. The molecule has 3 heterocycles. The second kappa shape index (κ2) is 6.78. The van der Waals surface area contributed by atoms with Crippen molar-refractivity contribution in [3.8, 4) is 11.6 Å². The van der Waals surface area contributed by atoms with Gasteiger partial charge in [-0.05, 0) is 51.0 Å². The Hall–Kier alpha value is -2.73. The summed E-state index contributed by atoms with van der Waals surface area (Å²) in [6.45, 7) is 10.2. The van der Waals surface area contributed by atoms with Crippen molar-refractivity contribution in [3.63, 3.8) is 0 Å². The lowest BCUT2D eigenvalue weighted by Crippen LogP contribution is -2.07. The van der Waals surface area contributed by atoms with Crippen LogP contribution in [0.4, 0.5) is 0 Å². The number of nitrogens with zero attached hydrogens (tertiary/aromatic N) is 3. The van der Waals surface area contributed by atoms with Crippen LogP contribution < -0.4 is 0 Å². The van der Waals surface area contributed by atoms with Crippen molar-refractivity contribution in [3.05, 3.63) is 41.3 Å². The van der Waals surface area contributed by atoms with E-state index in [4.69, 9.17) is 9.26 Å². The van der Waals surface area contributed by atoms with Crippen LogP contribution in [0.2, 0.25) is 0 Å².